The Balaban J connectivity index is 1.41. The van der Waals surface area contributed by atoms with Crippen LogP contribution < -0.4 is 30.7 Å². The topological polar surface area (TPSA) is 178 Å². The number of nitrogens with one attached hydrogen (secondary N) is 4. The number of rotatable bonds is 16. The smallest absolute Gasteiger partial charge is 0.244 e. The quantitative estimate of drug-likeness (QED) is 0.0832. The highest BCUT2D eigenvalue weighted by Crippen LogP contribution is 2.32. The van der Waals surface area contributed by atoms with Crippen molar-refractivity contribution in [2.24, 2.45) is 5.41 Å². The molecule has 0 spiro atoms. The molecule has 4 aromatic rings. The second kappa shape index (κ2) is 18.8. The van der Waals surface area contributed by atoms with E-state index < -0.39 is 59.5 Å². The fourth-order valence-electron chi connectivity index (χ4n) is 6.80. The number of phenolic OH excluding ortho intramolecular Hbond substituents is 1. The molecule has 0 radical (unpaired) electrons. The van der Waals surface area contributed by atoms with Crippen molar-refractivity contribution in [3.05, 3.63) is 131 Å². The summed E-state index contributed by atoms with van der Waals surface area (Å²) in [5.41, 5.74) is 3.11. The van der Waals surface area contributed by atoms with E-state index in [1.165, 1.54) is 25.3 Å². The molecule has 0 aromatic heterocycles. The first kappa shape index (κ1) is 41.5. The van der Waals surface area contributed by atoms with Crippen LogP contribution in [0.5, 0.6) is 17.2 Å². The number of carbonyl (C=O) groups excluding carboxylic acids is 3. The van der Waals surface area contributed by atoms with Crippen LogP contribution >= 0.6 is 0 Å². The van der Waals surface area contributed by atoms with Gasteiger partial charge in [-0.1, -0.05) is 93.6 Å². The standard InChI is InChI=1S/C44H52N4O8/c1-44(2,3)41(47-37(51)22-18-28-17-21-36(56-5)34(49)24-28)43(54)46-33(23-27-11-7-6-8-12-27)40(52)39(45-26-29-15-19-31(55-4)20-16-29)42(53)48-38-32-14-10-9-13-30(32)25-35(38)50/h6-22,24,33,35,38-41,45,49-50,52H,23,25-26H2,1-5H3,(H,46,54)(H,47,51)(H,48,53)/b22-18+/t33-,35+,38-,39+,40-,41+/m0/s1. The molecule has 6 atom stereocenters. The van der Waals surface area contributed by atoms with Gasteiger partial charge in [0.25, 0.3) is 0 Å². The Bertz CT molecular complexity index is 1980. The number of amides is 3. The lowest BCUT2D eigenvalue weighted by Crippen LogP contribution is -2.62. The number of ether oxygens (including phenoxy) is 2. The predicted molar refractivity (Wildman–Crippen MR) is 214 cm³/mol. The Hall–Kier alpha value is -5.69. The van der Waals surface area contributed by atoms with Crippen molar-refractivity contribution in [3.63, 3.8) is 0 Å². The minimum Gasteiger partial charge on any atom is -0.504 e. The van der Waals surface area contributed by atoms with E-state index in [-0.39, 0.29) is 18.7 Å². The van der Waals surface area contributed by atoms with E-state index in [4.69, 9.17) is 9.47 Å². The van der Waals surface area contributed by atoms with Gasteiger partial charge in [-0.05, 0) is 70.0 Å². The zero-order valence-electron chi connectivity index (χ0n) is 32.4. The van der Waals surface area contributed by atoms with Crippen LogP contribution in [-0.2, 0) is 33.8 Å². The number of aromatic hydroxyl groups is 1. The van der Waals surface area contributed by atoms with Gasteiger partial charge in [0.05, 0.1) is 38.5 Å². The molecule has 0 bridgehead atoms. The van der Waals surface area contributed by atoms with Crippen LogP contribution in [0, 0.1) is 5.41 Å². The predicted octanol–water partition coefficient (Wildman–Crippen LogP) is 3.97. The first-order valence-corrected chi connectivity index (χ1v) is 18.6. The Morgan fingerprint density at radius 1 is 0.857 bits per heavy atom. The third kappa shape index (κ3) is 10.7. The second-order valence-electron chi connectivity index (χ2n) is 15.0. The lowest BCUT2D eigenvalue weighted by Gasteiger charge is -2.35. The van der Waals surface area contributed by atoms with Gasteiger partial charge >= 0.3 is 0 Å². The molecule has 0 fully saturated rings. The molecule has 0 saturated carbocycles. The summed E-state index contributed by atoms with van der Waals surface area (Å²) in [5.74, 6) is -0.798. The number of hydrogen-bond donors (Lipinski definition) is 7. The first-order valence-electron chi connectivity index (χ1n) is 18.6. The zero-order valence-corrected chi connectivity index (χ0v) is 32.4. The van der Waals surface area contributed by atoms with Crippen molar-refractivity contribution in [2.75, 3.05) is 14.2 Å². The van der Waals surface area contributed by atoms with Crippen LogP contribution in [-0.4, -0.2) is 77.6 Å². The highest BCUT2D eigenvalue weighted by atomic mass is 16.5. The molecule has 56 heavy (non-hydrogen) atoms. The largest absolute Gasteiger partial charge is 0.504 e. The van der Waals surface area contributed by atoms with Gasteiger partial charge in [0.1, 0.15) is 17.8 Å². The van der Waals surface area contributed by atoms with Gasteiger partial charge in [0.15, 0.2) is 11.5 Å². The molecular weight excluding hydrogens is 713 g/mol. The normalized spacial score (nSPS) is 17.3. The lowest BCUT2D eigenvalue weighted by molar-refractivity contribution is -0.133. The van der Waals surface area contributed by atoms with Crippen molar-refractivity contribution >= 4 is 23.8 Å². The van der Waals surface area contributed by atoms with Crippen molar-refractivity contribution in [2.45, 2.75) is 76.5 Å². The molecule has 5 rings (SSSR count). The summed E-state index contributed by atoms with van der Waals surface area (Å²) in [6, 6.07) is 24.7. The fraction of sp³-hybridized carbons (Fsp3) is 0.341. The molecule has 3 amide bonds. The number of methoxy groups -OCH3 is 2. The number of hydrogen-bond acceptors (Lipinski definition) is 9. The molecule has 1 aliphatic carbocycles. The van der Waals surface area contributed by atoms with E-state index >= 15 is 0 Å². The number of carbonyl (C=O) groups is 3. The summed E-state index contributed by atoms with van der Waals surface area (Å²) in [5, 5.41) is 45.3. The molecule has 0 saturated heterocycles. The Morgan fingerprint density at radius 2 is 1.55 bits per heavy atom. The van der Waals surface area contributed by atoms with Crippen molar-refractivity contribution < 1.29 is 39.2 Å². The van der Waals surface area contributed by atoms with E-state index in [0.717, 1.165) is 22.3 Å². The van der Waals surface area contributed by atoms with E-state index in [1.54, 1.807) is 31.4 Å². The maximum atomic E-state index is 14.3. The summed E-state index contributed by atoms with van der Waals surface area (Å²) in [6.45, 7) is 5.61. The third-order valence-electron chi connectivity index (χ3n) is 9.89. The fourth-order valence-corrected chi connectivity index (χ4v) is 6.80. The van der Waals surface area contributed by atoms with Crippen molar-refractivity contribution in [1.29, 1.82) is 0 Å². The molecule has 12 heteroatoms. The molecular formula is C44H52N4O8. The summed E-state index contributed by atoms with van der Waals surface area (Å²) >= 11 is 0. The average molecular weight is 765 g/mol. The molecule has 12 nitrogen and oxygen atoms in total. The zero-order chi connectivity index (χ0) is 40.4. The van der Waals surface area contributed by atoms with E-state index in [1.807, 2.05) is 87.5 Å². The van der Waals surface area contributed by atoms with Crippen LogP contribution in [0.25, 0.3) is 6.08 Å². The molecule has 4 aromatic carbocycles. The molecule has 0 unspecified atom stereocenters. The molecule has 7 N–H and O–H groups in total. The van der Waals surface area contributed by atoms with Crippen LogP contribution in [0.3, 0.4) is 0 Å². The SMILES string of the molecule is COc1ccc(CN[C@@H](C(=O)N[C@H]2c3ccccc3C[C@H]2O)[C@@H](O)[C@H](Cc2ccccc2)NC(=O)[C@@H](NC(=O)/C=C/c2ccc(OC)c(O)c2)C(C)(C)C)cc1. The van der Waals surface area contributed by atoms with Crippen LogP contribution in [0.1, 0.15) is 54.6 Å². The second-order valence-corrected chi connectivity index (χ2v) is 15.0. The number of fused-ring (bicyclic) bond motifs is 1. The van der Waals surface area contributed by atoms with Gasteiger partial charge in [0.2, 0.25) is 17.7 Å². The number of aliphatic hydroxyl groups excluding tert-OH is 2. The Kier molecular flexibility index (Phi) is 13.9. The Labute approximate surface area is 327 Å². The van der Waals surface area contributed by atoms with E-state index in [9.17, 15) is 29.7 Å². The van der Waals surface area contributed by atoms with Crippen LogP contribution in [0.15, 0.2) is 103 Å². The van der Waals surface area contributed by atoms with Gasteiger partial charge in [0, 0.05) is 19.0 Å². The van der Waals surface area contributed by atoms with Gasteiger partial charge < -0.3 is 40.7 Å². The van der Waals surface area contributed by atoms with Gasteiger partial charge in [-0.3, -0.25) is 19.7 Å². The number of benzene rings is 4. The summed E-state index contributed by atoms with van der Waals surface area (Å²) in [7, 11) is 3.01. The minimum atomic E-state index is -1.48. The monoisotopic (exact) mass is 764 g/mol. The maximum Gasteiger partial charge on any atom is 0.244 e. The van der Waals surface area contributed by atoms with Crippen LogP contribution in [0.2, 0.25) is 0 Å². The summed E-state index contributed by atoms with van der Waals surface area (Å²) < 4.78 is 10.4. The van der Waals surface area contributed by atoms with Gasteiger partial charge in [-0.2, -0.15) is 0 Å². The first-order chi connectivity index (χ1) is 26.8. The van der Waals surface area contributed by atoms with Crippen LogP contribution in [0.4, 0.5) is 0 Å². The molecule has 296 valence electrons. The highest BCUT2D eigenvalue weighted by Gasteiger charge is 2.40. The number of aliphatic hydroxyl groups is 2. The van der Waals surface area contributed by atoms with E-state index in [0.29, 0.717) is 23.5 Å². The molecule has 0 heterocycles. The molecule has 1 aliphatic rings. The average Bonchev–Trinajstić information content (AvgIpc) is 3.49. The number of phenols is 1. The van der Waals surface area contributed by atoms with E-state index in [2.05, 4.69) is 21.3 Å². The summed E-state index contributed by atoms with van der Waals surface area (Å²) in [4.78, 5) is 41.7. The maximum absolute atomic E-state index is 14.3. The third-order valence-corrected chi connectivity index (χ3v) is 9.89. The van der Waals surface area contributed by atoms with Gasteiger partial charge in [-0.15, -0.1) is 0 Å². The van der Waals surface area contributed by atoms with Crippen molar-refractivity contribution in [1.82, 2.24) is 21.3 Å². The molecule has 0 aliphatic heterocycles. The Morgan fingerprint density at radius 3 is 2.21 bits per heavy atom. The lowest BCUT2D eigenvalue weighted by atomic mass is 9.85. The highest BCUT2D eigenvalue weighted by molar-refractivity contribution is 5.96. The minimum absolute atomic E-state index is 0.0836. The van der Waals surface area contributed by atoms with Crippen molar-refractivity contribution in [3.8, 4) is 17.2 Å². The summed E-state index contributed by atoms with van der Waals surface area (Å²) in [6.07, 6.45) is 0.954. The van der Waals surface area contributed by atoms with Gasteiger partial charge in [-0.25, -0.2) is 0 Å².